The van der Waals surface area contributed by atoms with Gasteiger partial charge in [0.1, 0.15) is 17.9 Å². The summed E-state index contributed by atoms with van der Waals surface area (Å²) in [5.74, 6) is 1.81. The van der Waals surface area contributed by atoms with E-state index in [4.69, 9.17) is 9.47 Å². The van der Waals surface area contributed by atoms with E-state index in [1.54, 1.807) is 6.07 Å². The van der Waals surface area contributed by atoms with E-state index >= 15 is 0 Å². The average Bonchev–Trinajstić information content (AvgIpc) is 2.61. The van der Waals surface area contributed by atoms with Crippen LogP contribution in [-0.4, -0.2) is 28.6 Å². The number of anilines is 2. The standard InChI is InChI=1S/C18H22N4O3/c1-4-14-18(23)22-13-7-6-12(8-15(13)25-14)11(3)21-16-9-17(24-5-2)20-10-19-16/h6-11,14H,4-5H2,1-3H3,(H,22,23)(H,19,20,21). The van der Waals surface area contributed by atoms with E-state index in [2.05, 4.69) is 20.6 Å². The van der Waals surface area contributed by atoms with Crippen LogP contribution in [0.4, 0.5) is 11.5 Å². The molecule has 0 saturated carbocycles. The Morgan fingerprint density at radius 2 is 2.16 bits per heavy atom. The smallest absolute Gasteiger partial charge is 0.265 e. The van der Waals surface area contributed by atoms with Crippen LogP contribution in [0, 0.1) is 0 Å². The summed E-state index contributed by atoms with van der Waals surface area (Å²) >= 11 is 0. The molecule has 2 unspecified atom stereocenters. The van der Waals surface area contributed by atoms with Crippen LogP contribution in [0.5, 0.6) is 11.6 Å². The van der Waals surface area contributed by atoms with Crippen molar-refractivity contribution in [3.8, 4) is 11.6 Å². The van der Waals surface area contributed by atoms with Gasteiger partial charge in [-0.2, -0.15) is 0 Å². The molecule has 2 atom stereocenters. The molecule has 1 aliphatic heterocycles. The van der Waals surface area contributed by atoms with Crippen molar-refractivity contribution in [1.29, 1.82) is 0 Å². The van der Waals surface area contributed by atoms with Crippen molar-refractivity contribution in [1.82, 2.24) is 9.97 Å². The van der Waals surface area contributed by atoms with Crippen LogP contribution in [-0.2, 0) is 4.79 Å². The minimum absolute atomic E-state index is 0.00372. The van der Waals surface area contributed by atoms with Gasteiger partial charge in [-0.05, 0) is 38.0 Å². The van der Waals surface area contributed by atoms with Crippen LogP contribution in [0.2, 0.25) is 0 Å². The summed E-state index contributed by atoms with van der Waals surface area (Å²) in [6.45, 7) is 6.42. The lowest BCUT2D eigenvalue weighted by Gasteiger charge is -2.26. The SMILES string of the molecule is CCOc1cc(NC(C)c2ccc3c(c2)OC(CC)C(=O)N3)ncn1. The van der Waals surface area contributed by atoms with Gasteiger partial charge in [0.2, 0.25) is 5.88 Å². The molecule has 1 aromatic heterocycles. The number of carbonyl (C=O) groups excluding carboxylic acids is 1. The van der Waals surface area contributed by atoms with Gasteiger partial charge < -0.3 is 20.1 Å². The number of aromatic nitrogens is 2. The van der Waals surface area contributed by atoms with E-state index in [0.29, 0.717) is 36.2 Å². The summed E-state index contributed by atoms with van der Waals surface area (Å²) in [7, 11) is 0. The number of rotatable bonds is 6. The molecule has 7 nitrogen and oxygen atoms in total. The second kappa shape index (κ2) is 7.38. The number of benzene rings is 1. The molecular weight excluding hydrogens is 320 g/mol. The van der Waals surface area contributed by atoms with E-state index in [1.165, 1.54) is 6.33 Å². The minimum Gasteiger partial charge on any atom is -0.478 e. The minimum atomic E-state index is -0.443. The van der Waals surface area contributed by atoms with Crippen LogP contribution in [0.25, 0.3) is 0 Å². The molecule has 3 rings (SSSR count). The molecule has 1 aliphatic rings. The zero-order chi connectivity index (χ0) is 17.8. The van der Waals surface area contributed by atoms with Gasteiger partial charge in [0.15, 0.2) is 6.10 Å². The third-order valence-corrected chi connectivity index (χ3v) is 3.99. The molecule has 0 radical (unpaired) electrons. The van der Waals surface area contributed by atoms with Crippen LogP contribution >= 0.6 is 0 Å². The molecule has 1 aromatic carbocycles. The first-order chi connectivity index (χ1) is 12.1. The van der Waals surface area contributed by atoms with E-state index < -0.39 is 6.10 Å². The maximum absolute atomic E-state index is 11.9. The van der Waals surface area contributed by atoms with Gasteiger partial charge in [0, 0.05) is 6.07 Å². The Labute approximate surface area is 146 Å². The quantitative estimate of drug-likeness (QED) is 0.839. The molecule has 0 bridgehead atoms. The molecular formula is C18H22N4O3. The summed E-state index contributed by atoms with van der Waals surface area (Å²) < 4.78 is 11.2. The molecule has 7 heteroatoms. The third-order valence-electron chi connectivity index (χ3n) is 3.99. The van der Waals surface area contributed by atoms with Gasteiger partial charge in [-0.25, -0.2) is 9.97 Å². The van der Waals surface area contributed by atoms with Crippen molar-refractivity contribution < 1.29 is 14.3 Å². The summed E-state index contributed by atoms with van der Waals surface area (Å²) in [5.41, 5.74) is 1.73. The Hall–Kier alpha value is -2.83. The van der Waals surface area contributed by atoms with Crippen molar-refractivity contribution in [2.24, 2.45) is 0 Å². The van der Waals surface area contributed by atoms with Gasteiger partial charge in [0.05, 0.1) is 18.3 Å². The number of hydrogen-bond donors (Lipinski definition) is 2. The predicted molar refractivity (Wildman–Crippen MR) is 95.0 cm³/mol. The molecule has 1 amide bonds. The normalized spacial score (nSPS) is 17.1. The van der Waals surface area contributed by atoms with Gasteiger partial charge in [-0.3, -0.25) is 4.79 Å². The van der Waals surface area contributed by atoms with E-state index in [0.717, 1.165) is 5.56 Å². The monoisotopic (exact) mass is 342 g/mol. The largest absolute Gasteiger partial charge is 0.478 e. The first-order valence-corrected chi connectivity index (χ1v) is 8.43. The molecule has 0 fully saturated rings. The average molecular weight is 342 g/mol. The van der Waals surface area contributed by atoms with Crippen LogP contribution in [0.1, 0.15) is 38.8 Å². The zero-order valence-corrected chi connectivity index (χ0v) is 14.6. The van der Waals surface area contributed by atoms with Crippen LogP contribution in [0.3, 0.4) is 0 Å². The first-order valence-electron chi connectivity index (χ1n) is 8.43. The van der Waals surface area contributed by atoms with E-state index in [1.807, 2.05) is 39.0 Å². The molecule has 132 valence electrons. The summed E-state index contributed by atoms with van der Waals surface area (Å²) in [4.78, 5) is 20.1. The fourth-order valence-corrected chi connectivity index (χ4v) is 2.65. The molecule has 2 heterocycles. The number of amides is 1. The lowest BCUT2D eigenvalue weighted by atomic mass is 10.1. The van der Waals surface area contributed by atoms with Crippen LogP contribution < -0.4 is 20.1 Å². The number of fused-ring (bicyclic) bond motifs is 1. The topological polar surface area (TPSA) is 85.4 Å². The fraction of sp³-hybridized carbons (Fsp3) is 0.389. The second-order valence-electron chi connectivity index (χ2n) is 5.80. The molecule has 0 aliphatic carbocycles. The summed E-state index contributed by atoms with van der Waals surface area (Å²) in [6, 6.07) is 7.52. The Balaban J connectivity index is 1.76. The van der Waals surface area contributed by atoms with Gasteiger partial charge in [-0.15, -0.1) is 0 Å². The van der Waals surface area contributed by atoms with Gasteiger partial charge in [0.25, 0.3) is 5.91 Å². The van der Waals surface area contributed by atoms with Crippen molar-refractivity contribution in [3.63, 3.8) is 0 Å². The first kappa shape index (κ1) is 17.0. The highest BCUT2D eigenvalue weighted by Gasteiger charge is 2.26. The van der Waals surface area contributed by atoms with Gasteiger partial charge in [-0.1, -0.05) is 13.0 Å². The number of ether oxygens (including phenoxy) is 2. The highest BCUT2D eigenvalue weighted by molar-refractivity contribution is 5.97. The van der Waals surface area contributed by atoms with E-state index in [-0.39, 0.29) is 11.9 Å². The van der Waals surface area contributed by atoms with Crippen molar-refractivity contribution in [2.75, 3.05) is 17.2 Å². The van der Waals surface area contributed by atoms with Crippen molar-refractivity contribution >= 4 is 17.4 Å². The molecule has 2 N–H and O–H groups in total. The van der Waals surface area contributed by atoms with Gasteiger partial charge >= 0.3 is 0 Å². The van der Waals surface area contributed by atoms with Crippen LogP contribution in [0.15, 0.2) is 30.6 Å². The Bertz CT molecular complexity index is 766. The lowest BCUT2D eigenvalue weighted by Crippen LogP contribution is -2.36. The summed E-state index contributed by atoms with van der Waals surface area (Å²) in [5, 5.41) is 6.20. The molecule has 25 heavy (non-hydrogen) atoms. The van der Waals surface area contributed by atoms with Crippen molar-refractivity contribution in [2.45, 2.75) is 39.3 Å². The van der Waals surface area contributed by atoms with Crippen molar-refractivity contribution in [3.05, 3.63) is 36.2 Å². The fourth-order valence-electron chi connectivity index (χ4n) is 2.65. The second-order valence-corrected chi connectivity index (χ2v) is 5.80. The maximum atomic E-state index is 11.9. The number of nitrogens with one attached hydrogen (secondary N) is 2. The zero-order valence-electron chi connectivity index (χ0n) is 14.6. The lowest BCUT2D eigenvalue weighted by molar-refractivity contribution is -0.123. The van der Waals surface area contributed by atoms with E-state index in [9.17, 15) is 4.79 Å². The molecule has 0 spiro atoms. The Kier molecular flexibility index (Phi) is 5.02. The molecule has 2 aromatic rings. The maximum Gasteiger partial charge on any atom is 0.265 e. The molecule has 0 saturated heterocycles. The third kappa shape index (κ3) is 3.81. The number of carbonyl (C=O) groups is 1. The predicted octanol–water partition coefficient (Wildman–Crippen LogP) is 3.16. The highest BCUT2D eigenvalue weighted by atomic mass is 16.5. The summed E-state index contributed by atoms with van der Waals surface area (Å²) in [6.07, 6.45) is 1.66. The number of nitrogens with zero attached hydrogens (tertiary/aromatic N) is 2. The number of hydrogen-bond acceptors (Lipinski definition) is 6. The Morgan fingerprint density at radius 3 is 2.92 bits per heavy atom. The highest BCUT2D eigenvalue weighted by Crippen LogP contribution is 2.33. The Morgan fingerprint density at radius 1 is 1.32 bits per heavy atom.